The predicted molar refractivity (Wildman–Crippen MR) is 121 cm³/mol. The lowest BCUT2D eigenvalue weighted by Crippen LogP contribution is -2.43. The van der Waals surface area contributed by atoms with Crippen LogP contribution in [-0.2, 0) is 23.4 Å². The molecule has 0 aliphatic carbocycles. The van der Waals surface area contributed by atoms with E-state index in [4.69, 9.17) is 24.2 Å². The fourth-order valence-corrected chi connectivity index (χ4v) is 3.40. The summed E-state index contributed by atoms with van der Waals surface area (Å²) >= 11 is 0. The number of hydrogen-bond donors (Lipinski definition) is 1. The topological polar surface area (TPSA) is 115 Å². The van der Waals surface area contributed by atoms with E-state index < -0.39 is 8.32 Å². The molecule has 176 valence electrons. The molecule has 1 N–H and O–H groups in total. The molecule has 0 aliphatic rings. The molecule has 1 amide bonds. The minimum atomic E-state index is -1.76. The first-order valence-electron chi connectivity index (χ1n) is 10.8. The van der Waals surface area contributed by atoms with Crippen LogP contribution in [0.3, 0.4) is 0 Å². The number of nitrogens with zero attached hydrogens (tertiary/aromatic N) is 3. The largest absolute Gasteiger partial charge is 0.417 e. The van der Waals surface area contributed by atoms with E-state index in [1.165, 1.54) is 0 Å². The van der Waals surface area contributed by atoms with Gasteiger partial charge in [0.05, 0.1) is 33.0 Å². The fourth-order valence-electron chi connectivity index (χ4n) is 2.33. The molecule has 1 unspecified atom stereocenters. The van der Waals surface area contributed by atoms with Crippen molar-refractivity contribution in [3.63, 3.8) is 0 Å². The Morgan fingerprint density at radius 3 is 2.20 bits per heavy atom. The maximum absolute atomic E-state index is 12.1. The van der Waals surface area contributed by atoms with Crippen molar-refractivity contribution in [2.75, 3.05) is 52.8 Å². The molecule has 0 aromatic carbocycles. The van der Waals surface area contributed by atoms with E-state index in [1.54, 1.807) is 0 Å². The van der Waals surface area contributed by atoms with Gasteiger partial charge < -0.3 is 24.0 Å². The number of carbonyl (C=O) groups excluding carboxylic acids is 1. The molecular formula is C20H42N4O5Si. The van der Waals surface area contributed by atoms with Gasteiger partial charge in [0.25, 0.3) is 0 Å². The Morgan fingerprint density at radius 1 is 1.03 bits per heavy atom. The number of nitrogens with one attached hydrogen (secondary N) is 1. The van der Waals surface area contributed by atoms with E-state index in [0.717, 1.165) is 19.3 Å². The highest BCUT2D eigenvalue weighted by Gasteiger charge is 2.37. The second kappa shape index (κ2) is 16.5. The summed E-state index contributed by atoms with van der Waals surface area (Å²) in [5, 5.41) is 6.61. The summed E-state index contributed by atoms with van der Waals surface area (Å²) in [6.45, 7) is 16.3. The van der Waals surface area contributed by atoms with Gasteiger partial charge in [-0.3, -0.25) is 4.79 Å². The zero-order chi connectivity index (χ0) is 22.9. The summed E-state index contributed by atoms with van der Waals surface area (Å²) in [5.41, 5.74) is 8.13. The number of azide groups is 1. The quantitative estimate of drug-likeness (QED) is 0.112. The van der Waals surface area contributed by atoms with E-state index in [2.05, 4.69) is 56.1 Å². The predicted octanol–water partition coefficient (Wildman–Crippen LogP) is 4.04. The molecular weight excluding hydrogens is 404 g/mol. The standard InChI is InChI=1S/C20H42N4O5Si/c1-7-8-18(9-11-29-30(5,6)20(2,3)4)23-19(25)17-28-16-15-27-14-13-26-12-10-22-24-21/h18H,7-17H2,1-6H3,(H,23,25). The minimum absolute atomic E-state index is 0.0231. The van der Waals surface area contributed by atoms with Crippen LogP contribution in [0.15, 0.2) is 5.11 Å². The fraction of sp³-hybridized carbons (Fsp3) is 0.950. The first kappa shape index (κ1) is 28.8. The molecule has 0 spiro atoms. The second-order valence-electron chi connectivity index (χ2n) is 8.68. The molecule has 0 rings (SSSR count). The minimum Gasteiger partial charge on any atom is -0.417 e. The summed E-state index contributed by atoms with van der Waals surface area (Å²) in [6.07, 6.45) is 2.74. The van der Waals surface area contributed by atoms with E-state index in [1.807, 2.05) is 0 Å². The number of carbonyl (C=O) groups is 1. The van der Waals surface area contributed by atoms with Gasteiger partial charge in [-0.25, -0.2) is 0 Å². The Hall–Kier alpha value is -1.16. The van der Waals surface area contributed by atoms with Crippen LogP contribution in [-0.4, -0.2) is 73.1 Å². The van der Waals surface area contributed by atoms with Gasteiger partial charge in [0.2, 0.25) is 5.91 Å². The zero-order valence-corrected chi connectivity index (χ0v) is 20.7. The van der Waals surface area contributed by atoms with Gasteiger partial charge in [-0.2, -0.15) is 0 Å². The number of ether oxygens (including phenoxy) is 3. The van der Waals surface area contributed by atoms with Crippen LogP contribution in [0.5, 0.6) is 0 Å². The van der Waals surface area contributed by atoms with Crippen molar-refractivity contribution >= 4 is 14.2 Å². The highest BCUT2D eigenvalue weighted by atomic mass is 28.4. The van der Waals surface area contributed by atoms with Gasteiger partial charge in [-0.1, -0.05) is 39.2 Å². The molecule has 0 heterocycles. The first-order chi connectivity index (χ1) is 14.1. The smallest absolute Gasteiger partial charge is 0.246 e. The molecule has 30 heavy (non-hydrogen) atoms. The van der Waals surface area contributed by atoms with Crippen LogP contribution in [0.2, 0.25) is 18.1 Å². The van der Waals surface area contributed by atoms with Crippen LogP contribution in [0.25, 0.3) is 10.4 Å². The van der Waals surface area contributed by atoms with Crippen molar-refractivity contribution in [1.82, 2.24) is 5.32 Å². The summed E-state index contributed by atoms with van der Waals surface area (Å²) in [7, 11) is -1.76. The van der Waals surface area contributed by atoms with Crippen LogP contribution in [0, 0.1) is 0 Å². The maximum atomic E-state index is 12.1. The van der Waals surface area contributed by atoms with Crippen molar-refractivity contribution < 1.29 is 23.4 Å². The zero-order valence-electron chi connectivity index (χ0n) is 19.7. The van der Waals surface area contributed by atoms with Crippen LogP contribution < -0.4 is 5.32 Å². The van der Waals surface area contributed by atoms with E-state index in [-0.39, 0.29) is 23.6 Å². The van der Waals surface area contributed by atoms with E-state index >= 15 is 0 Å². The van der Waals surface area contributed by atoms with Gasteiger partial charge in [0.1, 0.15) is 6.61 Å². The third-order valence-corrected chi connectivity index (χ3v) is 9.65. The third kappa shape index (κ3) is 14.8. The lowest BCUT2D eigenvalue weighted by Gasteiger charge is -2.36. The Balaban J connectivity index is 3.89. The molecule has 10 heteroatoms. The molecule has 0 aliphatic heterocycles. The van der Waals surface area contributed by atoms with Crippen LogP contribution in [0.4, 0.5) is 0 Å². The van der Waals surface area contributed by atoms with Gasteiger partial charge in [-0.15, -0.1) is 0 Å². The number of amides is 1. The van der Waals surface area contributed by atoms with Gasteiger partial charge in [-0.05, 0) is 36.5 Å². The van der Waals surface area contributed by atoms with Gasteiger partial charge in [0, 0.05) is 24.1 Å². The number of hydrogen-bond acceptors (Lipinski definition) is 6. The van der Waals surface area contributed by atoms with Crippen molar-refractivity contribution in [3.8, 4) is 0 Å². The molecule has 1 atom stereocenters. The molecule has 0 aromatic heterocycles. The van der Waals surface area contributed by atoms with Crippen molar-refractivity contribution in [2.24, 2.45) is 5.11 Å². The summed E-state index contributed by atoms with van der Waals surface area (Å²) in [6, 6.07) is 0.106. The van der Waals surface area contributed by atoms with Crippen LogP contribution in [0.1, 0.15) is 47.0 Å². The first-order valence-corrected chi connectivity index (χ1v) is 13.7. The third-order valence-electron chi connectivity index (χ3n) is 5.11. The average Bonchev–Trinajstić information content (AvgIpc) is 2.65. The Morgan fingerprint density at radius 2 is 1.63 bits per heavy atom. The molecule has 0 saturated carbocycles. The second-order valence-corrected chi connectivity index (χ2v) is 13.5. The Kier molecular flexibility index (Phi) is 15.9. The lowest BCUT2D eigenvalue weighted by molar-refractivity contribution is -0.127. The van der Waals surface area contributed by atoms with Crippen molar-refractivity contribution in [1.29, 1.82) is 0 Å². The molecule has 0 bridgehead atoms. The van der Waals surface area contributed by atoms with E-state index in [9.17, 15) is 4.79 Å². The van der Waals surface area contributed by atoms with Crippen molar-refractivity contribution in [3.05, 3.63) is 10.4 Å². The van der Waals surface area contributed by atoms with E-state index in [0.29, 0.717) is 46.2 Å². The number of rotatable bonds is 18. The summed E-state index contributed by atoms with van der Waals surface area (Å²) in [4.78, 5) is 14.8. The Labute approximate surface area is 182 Å². The highest BCUT2D eigenvalue weighted by molar-refractivity contribution is 6.74. The van der Waals surface area contributed by atoms with Gasteiger partial charge >= 0.3 is 0 Å². The molecule has 0 aromatic rings. The lowest BCUT2D eigenvalue weighted by atomic mass is 10.1. The maximum Gasteiger partial charge on any atom is 0.246 e. The monoisotopic (exact) mass is 446 g/mol. The van der Waals surface area contributed by atoms with Crippen molar-refractivity contribution in [2.45, 2.75) is 71.1 Å². The molecule has 9 nitrogen and oxygen atoms in total. The summed E-state index contributed by atoms with van der Waals surface area (Å²) < 4.78 is 22.2. The van der Waals surface area contributed by atoms with Crippen LogP contribution >= 0.6 is 0 Å². The summed E-state index contributed by atoms with van der Waals surface area (Å²) in [5.74, 6) is -0.109. The highest BCUT2D eigenvalue weighted by Crippen LogP contribution is 2.36. The molecule has 0 saturated heterocycles. The van der Waals surface area contributed by atoms with Gasteiger partial charge in [0.15, 0.2) is 8.32 Å². The normalized spacial score (nSPS) is 13.0. The molecule has 0 radical (unpaired) electrons. The Bertz CT molecular complexity index is 508. The molecule has 0 fully saturated rings. The average molecular weight is 447 g/mol. The SMILES string of the molecule is CCCC(CCO[Si](C)(C)C(C)(C)C)NC(=O)COCCOCCOCCN=[N+]=[N-].